The Bertz CT molecular complexity index is 1090. The second kappa shape index (κ2) is 7.18. The van der Waals surface area contributed by atoms with E-state index in [9.17, 15) is 13.2 Å². The van der Waals surface area contributed by atoms with Crippen molar-refractivity contribution >= 4 is 26.0 Å². The molecule has 0 aliphatic heterocycles. The third-order valence-electron chi connectivity index (χ3n) is 4.04. The summed E-state index contributed by atoms with van der Waals surface area (Å²) >= 11 is 3.27. The molecule has 0 atom stereocenters. The average Bonchev–Trinajstić information content (AvgIpc) is 2.84. The van der Waals surface area contributed by atoms with Gasteiger partial charge >= 0.3 is 0 Å². The van der Waals surface area contributed by atoms with E-state index in [1.54, 1.807) is 48.3 Å². The smallest absolute Gasteiger partial charge is 0.284 e. The molecule has 136 valence electrons. The zero-order valence-corrected chi connectivity index (χ0v) is 16.6. The van der Waals surface area contributed by atoms with Crippen LogP contribution < -0.4 is 10.3 Å². The molecule has 3 aromatic rings. The van der Waals surface area contributed by atoms with E-state index < -0.39 is 10.0 Å². The van der Waals surface area contributed by atoms with Gasteiger partial charge in [-0.05, 0) is 59.3 Å². The van der Waals surface area contributed by atoms with Gasteiger partial charge in [0.1, 0.15) is 4.47 Å². The predicted molar refractivity (Wildman–Crippen MR) is 102 cm³/mol. The molecule has 0 amide bonds. The Balaban J connectivity index is 1.85. The Kier molecular flexibility index (Phi) is 5.12. The number of hydrogen-bond acceptors (Lipinski definition) is 4. The summed E-state index contributed by atoms with van der Waals surface area (Å²) in [7, 11) is -1.91. The van der Waals surface area contributed by atoms with Crippen LogP contribution >= 0.6 is 15.9 Å². The lowest BCUT2D eigenvalue weighted by atomic mass is 10.3. The Morgan fingerprint density at radius 1 is 1.15 bits per heavy atom. The fraction of sp³-hybridized carbons (Fsp3) is 0.176. The second-order valence-corrected chi connectivity index (χ2v) is 8.24. The van der Waals surface area contributed by atoms with E-state index in [1.807, 2.05) is 6.92 Å². The van der Waals surface area contributed by atoms with Crippen LogP contribution in [0.4, 0.5) is 0 Å². The van der Waals surface area contributed by atoms with Crippen LogP contribution in [0.3, 0.4) is 0 Å². The molecule has 0 fully saturated rings. The van der Waals surface area contributed by atoms with E-state index in [-0.39, 0.29) is 17.0 Å². The lowest BCUT2D eigenvalue weighted by molar-refractivity contribution is 0.580. The van der Waals surface area contributed by atoms with Gasteiger partial charge in [0, 0.05) is 13.2 Å². The number of hydrogen-bond donors (Lipinski definition) is 1. The van der Waals surface area contributed by atoms with Crippen LogP contribution in [0.15, 0.2) is 62.8 Å². The molecule has 0 aliphatic rings. The molecule has 2 heterocycles. The minimum Gasteiger partial charge on any atom is -0.284 e. The van der Waals surface area contributed by atoms with Gasteiger partial charge in [-0.1, -0.05) is 6.07 Å². The summed E-state index contributed by atoms with van der Waals surface area (Å²) in [5, 5.41) is 0. The molecular weight excluding hydrogens is 420 g/mol. The molecule has 0 saturated heterocycles. The van der Waals surface area contributed by atoms with Crippen molar-refractivity contribution in [2.75, 3.05) is 0 Å². The minimum absolute atomic E-state index is 0.105. The van der Waals surface area contributed by atoms with Crippen molar-refractivity contribution in [3.05, 3.63) is 74.9 Å². The monoisotopic (exact) mass is 436 g/mol. The number of benzene rings is 1. The fourth-order valence-corrected chi connectivity index (χ4v) is 3.91. The number of nitrogens with one attached hydrogen (secondary N) is 1. The molecule has 0 aliphatic carbocycles. The van der Waals surface area contributed by atoms with Gasteiger partial charge in [-0.3, -0.25) is 14.5 Å². The van der Waals surface area contributed by atoms with Crippen LogP contribution in [0.5, 0.6) is 0 Å². The SMILES string of the molecule is Cc1c(Br)c(=O)n(-c2ccc(S(=O)(=O)NCc3ccccn3)cc2)n1C. The molecule has 26 heavy (non-hydrogen) atoms. The Hall–Kier alpha value is -2.23. The lowest BCUT2D eigenvalue weighted by Gasteiger charge is -2.10. The highest BCUT2D eigenvalue weighted by Gasteiger charge is 2.17. The van der Waals surface area contributed by atoms with E-state index in [2.05, 4.69) is 25.6 Å². The summed E-state index contributed by atoms with van der Waals surface area (Å²) in [4.78, 5) is 16.5. The predicted octanol–water partition coefficient (Wildman–Crippen LogP) is 2.12. The van der Waals surface area contributed by atoms with Crippen molar-refractivity contribution in [1.29, 1.82) is 0 Å². The van der Waals surface area contributed by atoms with Crippen LogP contribution in [-0.4, -0.2) is 22.8 Å². The molecule has 0 spiro atoms. The molecule has 9 heteroatoms. The van der Waals surface area contributed by atoms with Crippen molar-refractivity contribution in [3.8, 4) is 5.69 Å². The third-order valence-corrected chi connectivity index (χ3v) is 6.37. The molecule has 2 aromatic heterocycles. The average molecular weight is 437 g/mol. The van der Waals surface area contributed by atoms with Crippen molar-refractivity contribution in [2.45, 2.75) is 18.4 Å². The summed E-state index contributed by atoms with van der Waals surface area (Å²) in [5.41, 5.74) is 1.79. The molecule has 0 unspecified atom stereocenters. The highest BCUT2D eigenvalue weighted by molar-refractivity contribution is 9.10. The topological polar surface area (TPSA) is 86.0 Å². The normalized spacial score (nSPS) is 11.7. The number of rotatable bonds is 5. The van der Waals surface area contributed by atoms with Crippen LogP contribution in [0, 0.1) is 6.92 Å². The lowest BCUT2D eigenvalue weighted by Crippen LogP contribution is -2.24. The summed E-state index contributed by atoms with van der Waals surface area (Å²) in [6.07, 6.45) is 1.61. The maximum absolute atomic E-state index is 12.4. The molecule has 0 saturated carbocycles. The Morgan fingerprint density at radius 3 is 2.38 bits per heavy atom. The first-order chi connectivity index (χ1) is 12.3. The standard InChI is InChI=1S/C17H17BrN4O3S/c1-12-16(18)17(23)22(21(12)2)14-6-8-15(9-7-14)26(24,25)20-11-13-5-3-4-10-19-13/h3-10,20H,11H2,1-2H3. The number of sulfonamides is 1. The van der Waals surface area contributed by atoms with Gasteiger partial charge in [0.25, 0.3) is 5.56 Å². The molecule has 0 radical (unpaired) electrons. The quantitative estimate of drug-likeness (QED) is 0.663. The summed E-state index contributed by atoms with van der Waals surface area (Å²) in [5.74, 6) is 0. The number of pyridine rings is 1. The zero-order valence-electron chi connectivity index (χ0n) is 14.2. The molecule has 0 bridgehead atoms. The minimum atomic E-state index is -3.67. The van der Waals surface area contributed by atoms with Crippen LogP contribution in [0.25, 0.3) is 5.69 Å². The maximum Gasteiger partial charge on any atom is 0.285 e. The first kappa shape index (κ1) is 18.6. The van der Waals surface area contributed by atoms with Gasteiger partial charge in [-0.15, -0.1) is 0 Å². The van der Waals surface area contributed by atoms with E-state index in [1.165, 1.54) is 16.8 Å². The molecule has 3 rings (SSSR count). The summed E-state index contributed by atoms with van der Waals surface area (Å²) < 4.78 is 31.0. The molecule has 7 nitrogen and oxygen atoms in total. The second-order valence-electron chi connectivity index (χ2n) is 5.68. The molecular formula is C17H17BrN4O3S. The fourth-order valence-electron chi connectivity index (χ4n) is 2.49. The third kappa shape index (κ3) is 3.50. The van der Waals surface area contributed by atoms with Crippen molar-refractivity contribution in [3.63, 3.8) is 0 Å². The van der Waals surface area contributed by atoms with Gasteiger partial charge in [0.2, 0.25) is 10.0 Å². The largest absolute Gasteiger partial charge is 0.285 e. The van der Waals surface area contributed by atoms with Gasteiger partial charge in [-0.2, -0.15) is 0 Å². The first-order valence-corrected chi connectivity index (χ1v) is 10.0. The first-order valence-electron chi connectivity index (χ1n) is 7.75. The Labute approximate surface area is 159 Å². The highest BCUT2D eigenvalue weighted by atomic mass is 79.9. The van der Waals surface area contributed by atoms with Crippen molar-refractivity contribution in [1.82, 2.24) is 19.1 Å². The van der Waals surface area contributed by atoms with E-state index in [4.69, 9.17) is 0 Å². The van der Waals surface area contributed by atoms with Gasteiger partial charge < -0.3 is 0 Å². The summed E-state index contributed by atoms with van der Waals surface area (Å²) in [6.45, 7) is 1.93. The maximum atomic E-state index is 12.4. The molecule has 1 aromatic carbocycles. The van der Waals surface area contributed by atoms with Crippen molar-refractivity contribution in [2.24, 2.45) is 7.05 Å². The summed E-state index contributed by atoms with van der Waals surface area (Å²) in [6, 6.07) is 11.4. The number of aromatic nitrogens is 3. The van der Waals surface area contributed by atoms with Crippen molar-refractivity contribution < 1.29 is 8.42 Å². The van der Waals surface area contributed by atoms with E-state index in [0.29, 0.717) is 15.9 Å². The number of nitrogens with zero attached hydrogens (tertiary/aromatic N) is 3. The van der Waals surface area contributed by atoms with Crippen LogP contribution in [0.1, 0.15) is 11.4 Å². The number of halogens is 1. The Morgan fingerprint density at radius 2 is 1.85 bits per heavy atom. The van der Waals surface area contributed by atoms with Crippen LogP contribution in [-0.2, 0) is 23.6 Å². The highest BCUT2D eigenvalue weighted by Crippen LogP contribution is 2.17. The zero-order chi connectivity index (χ0) is 18.9. The van der Waals surface area contributed by atoms with Gasteiger partial charge in [-0.25, -0.2) is 17.8 Å². The van der Waals surface area contributed by atoms with Crippen LogP contribution in [0.2, 0.25) is 0 Å². The van der Waals surface area contributed by atoms with Gasteiger partial charge in [0.15, 0.2) is 0 Å². The van der Waals surface area contributed by atoms with E-state index in [0.717, 1.165) is 5.69 Å². The molecule has 1 N–H and O–H groups in total. The van der Waals surface area contributed by atoms with Gasteiger partial charge in [0.05, 0.1) is 28.5 Å². The van der Waals surface area contributed by atoms with E-state index >= 15 is 0 Å².